The quantitative estimate of drug-likeness (QED) is 0.294. The van der Waals surface area contributed by atoms with E-state index in [2.05, 4.69) is 17.2 Å². The van der Waals surface area contributed by atoms with Crippen molar-refractivity contribution in [3.63, 3.8) is 0 Å². The lowest BCUT2D eigenvalue weighted by Crippen LogP contribution is -2.48. The van der Waals surface area contributed by atoms with Crippen molar-refractivity contribution < 1.29 is 19.1 Å². The number of amides is 2. The van der Waals surface area contributed by atoms with Gasteiger partial charge in [0.1, 0.15) is 21.8 Å². The highest BCUT2D eigenvalue weighted by Gasteiger charge is 2.54. The minimum atomic E-state index is -0.694. The van der Waals surface area contributed by atoms with Crippen molar-refractivity contribution in [1.82, 2.24) is 18.7 Å². The number of halogens is 2. The lowest BCUT2D eigenvalue weighted by molar-refractivity contribution is -0.127. The molecule has 4 aliphatic heterocycles. The van der Waals surface area contributed by atoms with Gasteiger partial charge in [-0.1, -0.05) is 41.3 Å². The molecule has 6 heterocycles. The molecule has 5 aliphatic rings. The number of anilines is 2. The monoisotopic (exact) mass is 728 g/mol. The molecule has 51 heavy (non-hydrogen) atoms. The highest BCUT2D eigenvalue weighted by Crippen LogP contribution is 2.53. The third-order valence-electron chi connectivity index (χ3n) is 11.0. The summed E-state index contributed by atoms with van der Waals surface area (Å²) in [4.78, 5) is 54.9. The van der Waals surface area contributed by atoms with Gasteiger partial charge >= 0.3 is 0 Å². The minimum absolute atomic E-state index is 0.0267. The second-order valence-electron chi connectivity index (χ2n) is 13.8. The Kier molecular flexibility index (Phi) is 7.63. The van der Waals surface area contributed by atoms with E-state index in [1.807, 2.05) is 27.6 Å². The van der Waals surface area contributed by atoms with Gasteiger partial charge in [-0.2, -0.15) is 0 Å². The third-order valence-corrected chi connectivity index (χ3v) is 11.7. The Bertz CT molecular complexity index is 2340. The maximum atomic E-state index is 14.1. The van der Waals surface area contributed by atoms with Crippen molar-refractivity contribution >= 4 is 46.4 Å². The fourth-order valence-electron chi connectivity index (χ4n) is 8.32. The largest absolute Gasteiger partial charge is 0.482 e. The van der Waals surface area contributed by atoms with Crippen molar-refractivity contribution in [2.24, 2.45) is 17.8 Å². The topological polar surface area (TPSA) is 122 Å². The molecule has 9 rings (SSSR count). The van der Waals surface area contributed by atoms with Gasteiger partial charge in [-0.25, -0.2) is 9.36 Å². The summed E-state index contributed by atoms with van der Waals surface area (Å²) in [5.41, 5.74) is 2.77. The van der Waals surface area contributed by atoms with Crippen LogP contribution < -0.4 is 30.8 Å². The Balaban J connectivity index is 0.970. The summed E-state index contributed by atoms with van der Waals surface area (Å²) in [7, 11) is 0. The van der Waals surface area contributed by atoms with Gasteiger partial charge in [-0.15, -0.1) is 5.92 Å². The number of carbonyl (C=O) groups excluding carboxylic acids is 2. The lowest BCUT2D eigenvalue weighted by atomic mass is 9.94. The van der Waals surface area contributed by atoms with E-state index in [4.69, 9.17) is 32.7 Å². The molecule has 12 nitrogen and oxygen atoms in total. The molecule has 4 atom stereocenters. The van der Waals surface area contributed by atoms with E-state index in [1.54, 1.807) is 39.4 Å². The standard InChI is InChI=1S/C37H34Cl2N6O6/c1-2-3-11-41-26-16-21(31-33(38)42-12-4-5-13-44(42)35(31)47)7-9-28(26)51-32(37(41)49)24-17-23(24)22-10-14-43-34(39)30(36(48)45(43)18-22)20-6-8-27-25(15-20)40-29(46)19-50-27/h6-9,15-16,22-24,32H,4-5,10-14,17-19H2,1H3,(H,40,46)/t22?,23?,24-,32?/m0/s1. The zero-order chi connectivity index (χ0) is 35.1. The van der Waals surface area contributed by atoms with Gasteiger partial charge in [-0.3, -0.25) is 33.4 Å². The van der Waals surface area contributed by atoms with E-state index in [-0.39, 0.29) is 53.8 Å². The number of rotatable bonds is 5. The van der Waals surface area contributed by atoms with E-state index < -0.39 is 6.10 Å². The fourth-order valence-corrected chi connectivity index (χ4v) is 9.06. The third kappa shape index (κ3) is 5.12. The van der Waals surface area contributed by atoms with E-state index in [0.29, 0.717) is 81.6 Å². The highest BCUT2D eigenvalue weighted by atomic mass is 35.5. The van der Waals surface area contributed by atoms with Crippen LogP contribution in [0.3, 0.4) is 0 Å². The molecule has 1 fully saturated rings. The van der Waals surface area contributed by atoms with Gasteiger partial charge in [-0.05, 0) is 79.8 Å². The summed E-state index contributed by atoms with van der Waals surface area (Å²) in [5, 5.41) is 3.55. The molecule has 0 spiro atoms. The van der Waals surface area contributed by atoms with Crippen LogP contribution in [0.25, 0.3) is 22.3 Å². The summed E-state index contributed by atoms with van der Waals surface area (Å²) in [6, 6.07) is 10.7. The molecule has 1 aliphatic carbocycles. The second kappa shape index (κ2) is 12.1. The van der Waals surface area contributed by atoms with Gasteiger partial charge in [0.25, 0.3) is 22.9 Å². The number of aromatic nitrogens is 4. The van der Waals surface area contributed by atoms with Crippen LogP contribution in [0.4, 0.5) is 11.4 Å². The van der Waals surface area contributed by atoms with Crippen LogP contribution in [-0.4, -0.2) is 49.8 Å². The van der Waals surface area contributed by atoms with Crippen LogP contribution in [0, 0.1) is 29.6 Å². The van der Waals surface area contributed by atoms with Crippen molar-refractivity contribution in [3.05, 3.63) is 67.4 Å². The molecule has 3 unspecified atom stereocenters. The zero-order valence-electron chi connectivity index (χ0n) is 27.8. The average molecular weight is 730 g/mol. The lowest BCUT2D eigenvalue weighted by Gasteiger charge is -2.34. The average Bonchev–Trinajstić information content (AvgIpc) is 3.84. The molecule has 2 aromatic carbocycles. The summed E-state index contributed by atoms with van der Waals surface area (Å²) in [6.07, 6.45) is 2.78. The van der Waals surface area contributed by atoms with Gasteiger partial charge in [0.15, 0.2) is 12.7 Å². The van der Waals surface area contributed by atoms with E-state index in [1.165, 1.54) is 0 Å². The Labute approximate surface area is 302 Å². The number of hydrogen-bond donors (Lipinski definition) is 1. The number of nitrogens with one attached hydrogen (secondary N) is 1. The fraction of sp³-hybridized carbons (Fsp3) is 0.405. The Morgan fingerprint density at radius 2 is 1.53 bits per heavy atom. The van der Waals surface area contributed by atoms with Crippen LogP contribution in [0.15, 0.2) is 46.0 Å². The van der Waals surface area contributed by atoms with Gasteiger partial charge in [0, 0.05) is 32.1 Å². The number of ether oxygens (including phenoxy) is 2. The molecule has 1 N–H and O–H groups in total. The number of carbonyl (C=O) groups is 2. The van der Waals surface area contributed by atoms with E-state index in [9.17, 15) is 19.2 Å². The highest BCUT2D eigenvalue weighted by molar-refractivity contribution is 6.32. The maximum absolute atomic E-state index is 14.1. The molecule has 14 heteroatoms. The SMILES string of the molecule is CC#CCN1C(=O)C([C@H]2CC2C2CCn3c(Cl)c(-c4ccc5c(c4)NC(=O)CO5)c(=O)n3C2)Oc2ccc(-c3c(Cl)n4n(c3=O)CCCC4)cc21. The zero-order valence-corrected chi connectivity index (χ0v) is 29.3. The molecule has 1 saturated carbocycles. The van der Waals surface area contributed by atoms with E-state index in [0.717, 1.165) is 25.7 Å². The number of nitrogens with zero attached hydrogens (tertiary/aromatic N) is 5. The molecule has 4 aromatic rings. The van der Waals surface area contributed by atoms with Gasteiger partial charge in [0.05, 0.1) is 29.0 Å². The number of fused-ring (bicyclic) bond motifs is 4. The minimum Gasteiger partial charge on any atom is -0.482 e. The molecule has 262 valence electrons. The van der Waals surface area contributed by atoms with Crippen molar-refractivity contribution in [2.75, 3.05) is 23.4 Å². The molecule has 0 saturated heterocycles. The van der Waals surface area contributed by atoms with Gasteiger partial charge < -0.3 is 14.8 Å². The van der Waals surface area contributed by atoms with E-state index >= 15 is 0 Å². The normalized spacial score (nSPS) is 23.1. The first-order valence-corrected chi connectivity index (χ1v) is 18.1. The number of benzene rings is 2. The first-order valence-electron chi connectivity index (χ1n) is 17.3. The van der Waals surface area contributed by atoms with Crippen LogP contribution in [0.1, 0.15) is 32.6 Å². The van der Waals surface area contributed by atoms with Crippen molar-refractivity contribution in [2.45, 2.75) is 64.9 Å². The summed E-state index contributed by atoms with van der Waals surface area (Å²) in [5.74, 6) is 6.93. The first-order chi connectivity index (χ1) is 24.7. The first kappa shape index (κ1) is 32.1. The Morgan fingerprint density at radius 3 is 2.27 bits per heavy atom. The smallest absolute Gasteiger partial charge is 0.276 e. The molecule has 2 aromatic heterocycles. The summed E-state index contributed by atoms with van der Waals surface area (Å²) >= 11 is 13.6. The van der Waals surface area contributed by atoms with Crippen molar-refractivity contribution in [3.8, 4) is 45.6 Å². The second-order valence-corrected chi connectivity index (χ2v) is 14.5. The Morgan fingerprint density at radius 1 is 0.843 bits per heavy atom. The Hall–Kier alpha value is -4.86. The van der Waals surface area contributed by atoms with Crippen LogP contribution in [-0.2, 0) is 35.8 Å². The maximum Gasteiger partial charge on any atom is 0.276 e. The number of hydrogen-bond acceptors (Lipinski definition) is 6. The predicted octanol–water partition coefficient (Wildman–Crippen LogP) is 4.85. The van der Waals surface area contributed by atoms with Crippen LogP contribution >= 0.6 is 23.2 Å². The predicted molar refractivity (Wildman–Crippen MR) is 192 cm³/mol. The van der Waals surface area contributed by atoms with Crippen LogP contribution in [0.2, 0.25) is 10.3 Å². The molecular weight excluding hydrogens is 695 g/mol. The van der Waals surface area contributed by atoms with Gasteiger partial charge in [0.2, 0.25) is 0 Å². The summed E-state index contributed by atoms with van der Waals surface area (Å²) in [6.45, 7) is 4.20. The van der Waals surface area contributed by atoms with Crippen molar-refractivity contribution in [1.29, 1.82) is 0 Å². The molecular formula is C37H34Cl2N6O6. The van der Waals surface area contributed by atoms with Crippen LogP contribution in [0.5, 0.6) is 11.5 Å². The molecule has 0 bridgehead atoms. The summed E-state index contributed by atoms with van der Waals surface area (Å²) < 4.78 is 19.0. The molecule has 2 amide bonds. The molecule has 0 radical (unpaired) electrons.